The highest BCUT2D eigenvalue weighted by Crippen LogP contribution is 1.83. The second-order valence-electron chi connectivity index (χ2n) is 3.80. The quantitative estimate of drug-likeness (QED) is 0.449. The molecule has 0 unspecified atom stereocenters. The number of carbonyl (C=O) groups excluding carboxylic acids is 1. The van der Waals surface area contributed by atoms with Gasteiger partial charge in [-0.2, -0.15) is 0 Å². The van der Waals surface area contributed by atoms with Crippen molar-refractivity contribution in [2.45, 2.75) is 12.8 Å². The second-order valence-corrected chi connectivity index (χ2v) is 3.80. The Balaban J connectivity index is 3.08. The van der Waals surface area contributed by atoms with E-state index in [4.69, 9.17) is 14.2 Å². The van der Waals surface area contributed by atoms with Crippen LogP contribution >= 0.6 is 0 Å². The SMILES string of the molecule is COCCCOCCNCCC(=O)NCCOC. The molecular weight excluding hydrogens is 236 g/mol. The van der Waals surface area contributed by atoms with Crippen molar-refractivity contribution < 1.29 is 19.0 Å². The van der Waals surface area contributed by atoms with Crippen LogP contribution in [0.4, 0.5) is 0 Å². The van der Waals surface area contributed by atoms with Gasteiger partial charge in [0.2, 0.25) is 5.91 Å². The van der Waals surface area contributed by atoms with Crippen molar-refractivity contribution in [3.63, 3.8) is 0 Å². The standard InChI is InChI=1S/C12H26N2O4/c1-16-8-3-9-18-11-6-13-5-4-12(15)14-7-10-17-2/h13H,3-11H2,1-2H3,(H,14,15). The van der Waals surface area contributed by atoms with Gasteiger partial charge in [-0.25, -0.2) is 0 Å². The summed E-state index contributed by atoms with van der Waals surface area (Å²) in [6.07, 6.45) is 1.39. The van der Waals surface area contributed by atoms with Crippen molar-refractivity contribution >= 4 is 5.91 Å². The Labute approximate surface area is 109 Å². The van der Waals surface area contributed by atoms with Gasteiger partial charge in [0.1, 0.15) is 0 Å². The van der Waals surface area contributed by atoms with Gasteiger partial charge in [-0.05, 0) is 6.42 Å². The summed E-state index contributed by atoms with van der Waals surface area (Å²) in [4.78, 5) is 11.3. The Kier molecular flexibility index (Phi) is 13.8. The summed E-state index contributed by atoms with van der Waals surface area (Å²) in [7, 11) is 3.29. The van der Waals surface area contributed by atoms with Gasteiger partial charge < -0.3 is 24.8 Å². The fourth-order valence-corrected chi connectivity index (χ4v) is 1.26. The first-order valence-electron chi connectivity index (χ1n) is 6.34. The molecule has 6 nitrogen and oxygen atoms in total. The highest BCUT2D eigenvalue weighted by atomic mass is 16.5. The van der Waals surface area contributed by atoms with E-state index in [1.807, 2.05) is 0 Å². The Morgan fingerprint density at radius 3 is 2.44 bits per heavy atom. The van der Waals surface area contributed by atoms with Crippen LogP contribution < -0.4 is 10.6 Å². The molecular formula is C12H26N2O4. The molecule has 18 heavy (non-hydrogen) atoms. The van der Waals surface area contributed by atoms with E-state index in [2.05, 4.69) is 10.6 Å². The third kappa shape index (κ3) is 13.4. The van der Waals surface area contributed by atoms with Crippen LogP contribution in [0, 0.1) is 0 Å². The molecule has 0 aliphatic heterocycles. The molecule has 1 amide bonds. The number of hydrogen-bond donors (Lipinski definition) is 2. The molecule has 0 aliphatic rings. The first-order valence-corrected chi connectivity index (χ1v) is 6.34. The molecule has 0 aromatic carbocycles. The van der Waals surface area contributed by atoms with Gasteiger partial charge in [0.25, 0.3) is 0 Å². The summed E-state index contributed by atoms with van der Waals surface area (Å²) in [5.74, 6) is 0.0422. The average Bonchev–Trinajstić information content (AvgIpc) is 2.37. The number of hydrogen-bond acceptors (Lipinski definition) is 5. The van der Waals surface area contributed by atoms with E-state index in [0.29, 0.717) is 39.3 Å². The normalized spacial score (nSPS) is 10.6. The van der Waals surface area contributed by atoms with Crippen molar-refractivity contribution in [1.82, 2.24) is 10.6 Å². The molecule has 0 saturated carbocycles. The molecule has 0 aliphatic carbocycles. The van der Waals surface area contributed by atoms with Crippen LogP contribution in [0.3, 0.4) is 0 Å². The Hall–Kier alpha value is -0.690. The molecule has 0 radical (unpaired) electrons. The molecule has 0 bridgehead atoms. The Bertz CT molecular complexity index is 191. The van der Waals surface area contributed by atoms with Crippen LogP contribution in [0.1, 0.15) is 12.8 Å². The summed E-state index contributed by atoms with van der Waals surface area (Å²) in [6.45, 7) is 4.65. The Morgan fingerprint density at radius 2 is 1.72 bits per heavy atom. The number of rotatable bonds is 13. The van der Waals surface area contributed by atoms with Crippen molar-refractivity contribution in [3.8, 4) is 0 Å². The van der Waals surface area contributed by atoms with Gasteiger partial charge in [-0.3, -0.25) is 4.79 Å². The minimum Gasteiger partial charge on any atom is -0.385 e. The maximum atomic E-state index is 11.3. The minimum absolute atomic E-state index is 0.0422. The van der Waals surface area contributed by atoms with Crippen LogP contribution in [0.5, 0.6) is 0 Å². The van der Waals surface area contributed by atoms with E-state index in [1.54, 1.807) is 14.2 Å². The zero-order valence-corrected chi connectivity index (χ0v) is 11.5. The summed E-state index contributed by atoms with van der Waals surface area (Å²) in [6, 6.07) is 0. The van der Waals surface area contributed by atoms with Gasteiger partial charge in [-0.1, -0.05) is 0 Å². The number of methoxy groups -OCH3 is 2. The lowest BCUT2D eigenvalue weighted by atomic mass is 10.4. The third-order valence-corrected chi connectivity index (χ3v) is 2.22. The van der Waals surface area contributed by atoms with Gasteiger partial charge in [-0.15, -0.1) is 0 Å². The predicted octanol–water partition coefficient (Wildman–Crippen LogP) is -0.218. The van der Waals surface area contributed by atoms with E-state index in [0.717, 1.165) is 19.6 Å². The third-order valence-electron chi connectivity index (χ3n) is 2.22. The van der Waals surface area contributed by atoms with Crippen molar-refractivity contribution in [3.05, 3.63) is 0 Å². The van der Waals surface area contributed by atoms with Gasteiger partial charge >= 0.3 is 0 Å². The molecule has 108 valence electrons. The molecule has 0 atom stereocenters. The van der Waals surface area contributed by atoms with Gasteiger partial charge in [0, 0.05) is 53.5 Å². The lowest BCUT2D eigenvalue weighted by molar-refractivity contribution is -0.121. The summed E-state index contributed by atoms with van der Waals surface area (Å²) < 4.78 is 15.1. The number of amides is 1. The second kappa shape index (κ2) is 14.4. The summed E-state index contributed by atoms with van der Waals surface area (Å²) >= 11 is 0. The average molecular weight is 262 g/mol. The van der Waals surface area contributed by atoms with E-state index < -0.39 is 0 Å². The molecule has 0 saturated heterocycles. The molecule has 0 fully saturated rings. The first kappa shape index (κ1) is 17.3. The number of nitrogens with one attached hydrogen (secondary N) is 2. The summed E-state index contributed by atoms with van der Waals surface area (Å²) in [5.41, 5.74) is 0. The lowest BCUT2D eigenvalue weighted by Gasteiger charge is -2.07. The molecule has 0 spiro atoms. The molecule has 2 N–H and O–H groups in total. The van der Waals surface area contributed by atoms with Crippen LogP contribution in [0.15, 0.2) is 0 Å². The van der Waals surface area contributed by atoms with E-state index in [1.165, 1.54) is 0 Å². The van der Waals surface area contributed by atoms with Crippen LogP contribution in [-0.4, -0.2) is 66.2 Å². The summed E-state index contributed by atoms with van der Waals surface area (Å²) in [5, 5.41) is 5.91. The highest BCUT2D eigenvalue weighted by molar-refractivity contribution is 5.75. The maximum Gasteiger partial charge on any atom is 0.221 e. The lowest BCUT2D eigenvalue weighted by Crippen LogP contribution is -2.31. The van der Waals surface area contributed by atoms with E-state index in [-0.39, 0.29) is 5.91 Å². The fourth-order valence-electron chi connectivity index (χ4n) is 1.26. The smallest absolute Gasteiger partial charge is 0.221 e. The monoisotopic (exact) mass is 262 g/mol. The molecule has 0 aromatic heterocycles. The maximum absolute atomic E-state index is 11.3. The zero-order valence-electron chi connectivity index (χ0n) is 11.5. The number of carbonyl (C=O) groups is 1. The Morgan fingerprint density at radius 1 is 0.944 bits per heavy atom. The van der Waals surface area contributed by atoms with Crippen molar-refractivity contribution in [2.75, 3.05) is 60.3 Å². The molecule has 0 aromatic rings. The van der Waals surface area contributed by atoms with Gasteiger partial charge in [0.05, 0.1) is 13.2 Å². The number of ether oxygens (including phenoxy) is 3. The van der Waals surface area contributed by atoms with Crippen LogP contribution in [0.25, 0.3) is 0 Å². The molecule has 6 heteroatoms. The first-order chi connectivity index (χ1) is 8.81. The molecule has 0 heterocycles. The van der Waals surface area contributed by atoms with Gasteiger partial charge in [0.15, 0.2) is 0 Å². The van der Waals surface area contributed by atoms with Crippen LogP contribution in [-0.2, 0) is 19.0 Å². The van der Waals surface area contributed by atoms with Crippen molar-refractivity contribution in [2.24, 2.45) is 0 Å². The van der Waals surface area contributed by atoms with Crippen molar-refractivity contribution in [1.29, 1.82) is 0 Å². The zero-order chi connectivity index (χ0) is 13.5. The van der Waals surface area contributed by atoms with E-state index >= 15 is 0 Å². The minimum atomic E-state index is 0.0422. The van der Waals surface area contributed by atoms with E-state index in [9.17, 15) is 4.79 Å². The fraction of sp³-hybridized carbons (Fsp3) is 0.917. The largest absolute Gasteiger partial charge is 0.385 e. The topological polar surface area (TPSA) is 68.8 Å². The molecule has 0 rings (SSSR count). The van der Waals surface area contributed by atoms with Crippen LogP contribution in [0.2, 0.25) is 0 Å². The predicted molar refractivity (Wildman–Crippen MR) is 69.7 cm³/mol. The highest BCUT2D eigenvalue weighted by Gasteiger charge is 1.99.